The Bertz CT molecular complexity index is 698. The lowest BCUT2D eigenvalue weighted by Gasteiger charge is -2.29. The third kappa shape index (κ3) is 4.26. The Labute approximate surface area is 134 Å². The highest BCUT2D eigenvalue weighted by Crippen LogP contribution is 2.18. The molecule has 1 amide bonds. The standard InChI is InChI=1S/C14H19N3O5S/c1-11(14(18)16-8-3-2-4-9-16)15-23(21,22)13-7-5-6-12(10-13)17(19)20/h5-7,10-11,15H,2-4,8-9H2,1H3/t11-/m1/s1. The molecule has 1 fully saturated rings. The van der Waals surface area contributed by atoms with Crippen molar-refractivity contribution in [1.29, 1.82) is 0 Å². The molecule has 2 rings (SSSR count). The van der Waals surface area contributed by atoms with Crippen molar-refractivity contribution >= 4 is 21.6 Å². The van der Waals surface area contributed by atoms with E-state index in [0.717, 1.165) is 25.3 Å². The van der Waals surface area contributed by atoms with E-state index in [1.54, 1.807) is 4.90 Å². The Morgan fingerprint density at radius 3 is 2.57 bits per heavy atom. The van der Waals surface area contributed by atoms with Gasteiger partial charge in [0.2, 0.25) is 15.9 Å². The van der Waals surface area contributed by atoms with Gasteiger partial charge >= 0.3 is 0 Å². The van der Waals surface area contributed by atoms with Crippen LogP contribution in [0.3, 0.4) is 0 Å². The van der Waals surface area contributed by atoms with Crippen molar-refractivity contribution in [3.63, 3.8) is 0 Å². The molecule has 9 heteroatoms. The van der Waals surface area contributed by atoms with Gasteiger partial charge in [0.25, 0.3) is 5.69 Å². The molecule has 1 aromatic carbocycles. The summed E-state index contributed by atoms with van der Waals surface area (Å²) < 4.78 is 26.9. The van der Waals surface area contributed by atoms with Crippen molar-refractivity contribution in [3.8, 4) is 0 Å². The number of benzene rings is 1. The molecule has 0 spiro atoms. The maximum Gasteiger partial charge on any atom is 0.270 e. The van der Waals surface area contributed by atoms with Crippen LogP contribution >= 0.6 is 0 Å². The summed E-state index contributed by atoms with van der Waals surface area (Å²) in [6.45, 7) is 2.73. The number of carbonyl (C=O) groups excluding carboxylic acids is 1. The number of non-ortho nitro benzene ring substituents is 1. The van der Waals surface area contributed by atoms with Crippen LogP contribution in [-0.4, -0.2) is 43.3 Å². The molecule has 8 nitrogen and oxygen atoms in total. The second kappa shape index (κ2) is 7.05. The molecule has 1 N–H and O–H groups in total. The lowest BCUT2D eigenvalue weighted by Crippen LogP contribution is -2.48. The molecule has 126 valence electrons. The number of piperidine rings is 1. The predicted octanol–water partition coefficient (Wildman–Crippen LogP) is 1.27. The second-order valence-electron chi connectivity index (χ2n) is 5.48. The number of nitrogens with one attached hydrogen (secondary N) is 1. The number of nitro groups is 1. The average Bonchev–Trinajstić information content (AvgIpc) is 2.54. The normalized spacial score (nSPS) is 16.8. The van der Waals surface area contributed by atoms with Gasteiger partial charge in [-0.2, -0.15) is 4.72 Å². The average molecular weight is 341 g/mol. The molecule has 23 heavy (non-hydrogen) atoms. The SMILES string of the molecule is C[C@@H](NS(=O)(=O)c1cccc([N+](=O)[O-])c1)C(=O)N1CCCCC1. The number of carbonyl (C=O) groups is 1. The maximum absolute atomic E-state index is 12.3. The van der Waals surface area contributed by atoms with E-state index >= 15 is 0 Å². The van der Waals surface area contributed by atoms with Crippen molar-refractivity contribution < 1.29 is 18.1 Å². The molecule has 0 aromatic heterocycles. The summed E-state index contributed by atoms with van der Waals surface area (Å²) in [6.07, 6.45) is 2.89. The van der Waals surface area contributed by atoms with E-state index in [-0.39, 0.29) is 16.5 Å². The minimum absolute atomic E-state index is 0.231. The number of likely N-dealkylation sites (tertiary alicyclic amines) is 1. The minimum atomic E-state index is -4.00. The van der Waals surface area contributed by atoms with E-state index in [1.165, 1.54) is 25.1 Å². The molecular formula is C14H19N3O5S. The lowest BCUT2D eigenvalue weighted by molar-refractivity contribution is -0.385. The third-order valence-corrected chi connectivity index (χ3v) is 5.25. The molecule has 1 heterocycles. The molecule has 0 unspecified atom stereocenters. The first-order valence-electron chi connectivity index (χ1n) is 7.37. The molecule has 0 bridgehead atoms. The van der Waals surface area contributed by atoms with Crippen molar-refractivity contribution in [1.82, 2.24) is 9.62 Å². The van der Waals surface area contributed by atoms with Crippen molar-refractivity contribution in [2.45, 2.75) is 37.1 Å². The molecular weight excluding hydrogens is 322 g/mol. The zero-order chi connectivity index (χ0) is 17.0. The lowest BCUT2D eigenvalue weighted by atomic mass is 10.1. The monoisotopic (exact) mass is 341 g/mol. The van der Waals surface area contributed by atoms with Crippen LogP contribution in [-0.2, 0) is 14.8 Å². The molecule has 1 saturated heterocycles. The number of nitrogens with zero attached hydrogens (tertiary/aromatic N) is 2. The van der Waals surface area contributed by atoms with Gasteiger partial charge in [-0.05, 0) is 32.3 Å². The summed E-state index contributed by atoms with van der Waals surface area (Å²) in [5.74, 6) is -0.279. The summed E-state index contributed by atoms with van der Waals surface area (Å²) in [6, 6.07) is 3.82. The number of sulfonamides is 1. The smallest absolute Gasteiger partial charge is 0.270 e. The Morgan fingerprint density at radius 1 is 1.30 bits per heavy atom. The summed E-state index contributed by atoms with van der Waals surface area (Å²) in [5.41, 5.74) is -0.317. The van der Waals surface area contributed by atoms with Crippen LogP contribution in [0.4, 0.5) is 5.69 Å². The van der Waals surface area contributed by atoms with E-state index in [2.05, 4.69) is 4.72 Å². The van der Waals surface area contributed by atoms with Crippen LogP contribution in [0.2, 0.25) is 0 Å². The molecule has 1 atom stereocenters. The Morgan fingerprint density at radius 2 is 1.96 bits per heavy atom. The van der Waals surface area contributed by atoms with E-state index < -0.39 is 21.0 Å². The first-order valence-corrected chi connectivity index (χ1v) is 8.85. The number of amides is 1. The summed E-state index contributed by atoms with van der Waals surface area (Å²) in [7, 11) is -4.00. The zero-order valence-corrected chi connectivity index (χ0v) is 13.6. The fraction of sp³-hybridized carbons (Fsp3) is 0.500. The molecule has 0 saturated carbocycles. The van der Waals surface area contributed by atoms with Gasteiger partial charge in [-0.1, -0.05) is 6.07 Å². The summed E-state index contributed by atoms with van der Waals surface area (Å²) >= 11 is 0. The van der Waals surface area contributed by atoms with Crippen LogP contribution in [0.15, 0.2) is 29.2 Å². The molecule has 0 radical (unpaired) electrons. The Hall–Kier alpha value is -2.00. The molecule has 1 aromatic rings. The molecule has 0 aliphatic carbocycles. The van der Waals surface area contributed by atoms with Crippen molar-refractivity contribution in [3.05, 3.63) is 34.4 Å². The minimum Gasteiger partial charge on any atom is -0.341 e. The number of nitro benzene ring substituents is 1. The third-order valence-electron chi connectivity index (χ3n) is 3.71. The van der Waals surface area contributed by atoms with E-state index in [9.17, 15) is 23.3 Å². The van der Waals surface area contributed by atoms with E-state index in [0.29, 0.717) is 13.1 Å². The van der Waals surface area contributed by atoms with Gasteiger partial charge in [0.15, 0.2) is 0 Å². The van der Waals surface area contributed by atoms with E-state index in [4.69, 9.17) is 0 Å². The highest BCUT2D eigenvalue weighted by atomic mass is 32.2. The van der Waals surface area contributed by atoms with Crippen molar-refractivity contribution in [2.75, 3.05) is 13.1 Å². The van der Waals surface area contributed by atoms with Gasteiger partial charge < -0.3 is 4.90 Å². The second-order valence-corrected chi connectivity index (χ2v) is 7.20. The Balaban J connectivity index is 2.12. The van der Waals surface area contributed by atoms with Gasteiger partial charge in [0.1, 0.15) is 0 Å². The summed E-state index contributed by atoms with van der Waals surface area (Å²) in [5, 5.41) is 10.7. The quantitative estimate of drug-likeness (QED) is 0.641. The highest BCUT2D eigenvalue weighted by Gasteiger charge is 2.27. The first kappa shape index (κ1) is 17.4. The van der Waals surface area contributed by atoms with Crippen molar-refractivity contribution in [2.24, 2.45) is 0 Å². The van der Waals surface area contributed by atoms with E-state index in [1.807, 2.05) is 0 Å². The van der Waals surface area contributed by atoms with Crippen LogP contribution < -0.4 is 4.72 Å². The fourth-order valence-corrected chi connectivity index (χ4v) is 3.74. The van der Waals surface area contributed by atoms with Gasteiger partial charge in [-0.25, -0.2) is 8.42 Å². The van der Waals surface area contributed by atoms with Gasteiger partial charge in [-0.15, -0.1) is 0 Å². The number of hydrogen-bond acceptors (Lipinski definition) is 5. The van der Waals surface area contributed by atoms with Gasteiger partial charge in [0.05, 0.1) is 15.9 Å². The number of rotatable bonds is 5. The summed E-state index contributed by atoms with van der Waals surface area (Å²) in [4.78, 5) is 23.8. The Kier molecular flexibility index (Phi) is 5.32. The topological polar surface area (TPSA) is 110 Å². The van der Waals surface area contributed by atoms with Crippen LogP contribution in [0.5, 0.6) is 0 Å². The highest BCUT2D eigenvalue weighted by molar-refractivity contribution is 7.89. The number of hydrogen-bond donors (Lipinski definition) is 1. The van der Waals surface area contributed by atoms with Gasteiger partial charge in [0, 0.05) is 25.2 Å². The largest absolute Gasteiger partial charge is 0.341 e. The molecule has 1 aliphatic heterocycles. The predicted molar refractivity (Wildman–Crippen MR) is 83.3 cm³/mol. The van der Waals surface area contributed by atoms with Crippen LogP contribution in [0, 0.1) is 10.1 Å². The molecule has 1 aliphatic rings. The fourth-order valence-electron chi connectivity index (χ4n) is 2.50. The van der Waals surface area contributed by atoms with Crippen LogP contribution in [0.1, 0.15) is 26.2 Å². The van der Waals surface area contributed by atoms with Crippen LogP contribution in [0.25, 0.3) is 0 Å². The zero-order valence-electron chi connectivity index (χ0n) is 12.8. The van der Waals surface area contributed by atoms with Gasteiger partial charge in [-0.3, -0.25) is 14.9 Å². The maximum atomic E-state index is 12.3. The first-order chi connectivity index (χ1) is 10.8.